The molecule has 3 N–H and O–H groups in total. The molecule has 6 nitrogen and oxygen atoms in total. The van der Waals surface area contributed by atoms with Gasteiger partial charge in [0, 0.05) is 42.4 Å². The predicted octanol–water partition coefficient (Wildman–Crippen LogP) is 3.62. The lowest BCUT2D eigenvalue weighted by Crippen LogP contribution is -2.27. The Hall–Kier alpha value is -3.41. The van der Waals surface area contributed by atoms with Gasteiger partial charge in [0.1, 0.15) is 0 Å². The van der Waals surface area contributed by atoms with Crippen LogP contribution in [0.1, 0.15) is 30.2 Å². The van der Waals surface area contributed by atoms with Crippen LogP contribution in [0.25, 0.3) is 11.0 Å². The Morgan fingerprint density at radius 1 is 1.27 bits per heavy atom. The van der Waals surface area contributed by atoms with Crippen LogP contribution in [0, 0.1) is 12.8 Å². The molecule has 154 valence electrons. The van der Waals surface area contributed by atoms with Gasteiger partial charge in [-0.15, -0.1) is 0 Å². The van der Waals surface area contributed by atoms with E-state index < -0.39 is 0 Å². The molecular formula is C24H28N6. The van der Waals surface area contributed by atoms with Gasteiger partial charge >= 0.3 is 0 Å². The van der Waals surface area contributed by atoms with Gasteiger partial charge in [0.15, 0.2) is 5.65 Å². The molecule has 0 spiro atoms. The number of aliphatic imine (C=N–C) groups is 1. The molecule has 1 unspecified atom stereocenters. The third kappa shape index (κ3) is 3.85. The summed E-state index contributed by atoms with van der Waals surface area (Å²) in [6.45, 7) is 8.74. The molecule has 0 saturated heterocycles. The second kappa shape index (κ2) is 8.14. The third-order valence-electron chi connectivity index (χ3n) is 5.67. The Bertz CT molecular complexity index is 1150. The summed E-state index contributed by atoms with van der Waals surface area (Å²) in [6.07, 6.45) is 3.75. The molecular weight excluding hydrogens is 372 g/mol. The van der Waals surface area contributed by atoms with Crippen molar-refractivity contribution in [2.24, 2.45) is 23.7 Å². The summed E-state index contributed by atoms with van der Waals surface area (Å²) >= 11 is 0. The number of nitrogens with two attached hydrogens (primary N) is 1. The summed E-state index contributed by atoms with van der Waals surface area (Å²) in [4.78, 5) is 9.60. The molecule has 2 aromatic heterocycles. The lowest BCUT2D eigenvalue weighted by Gasteiger charge is -2.23. The molecule has 3 heterocycles. The van der Waals surface area contributed by atoms with Crippen LogP contribution in [0.5, 0.6) is 0 Å². The average Bonchev–Trinajstić information content (AvgIpc) is 2.93. The van der Waals surface area contributed by atoms with Crippen LogP contribution < -0.4 is 11.1 Å². The number of rotatable bonds is 5. The van der Waals surface area contributed by atoms with E-state index in [4.69, 9.17) is 10.7 Å². The van der Waals surface area contributed by atoms with Crippen LogP contribution in [-0.4, -0.2) is 27.0 Å². The van der Waals surface area contributed by atoms with Crippen LogP contribution in [-0.2, 0) is 13.5 Å². The molecule has 1 aromatic carbocycles. The van der Waals surface area contributed by atoms with E-state index in [0.717, 1.165) is 58.7 Å². The SMILES string of the molecule is C=C(N)NC1=C(C)C(c2cnc3c(c2)c(C)nn3C)=NCCC1Cc1ccccc1. The first kappa shape index (κ1) is 19.9. The van der Waals surface area contributed by atoms with Gasteiger partial charge in [-0.1, -0.05) is 36.9 Å². The van der Waals surface area contributed by atoms with Crippen molar-refractivity contribution >= 4 is 16.7 Å². The van der Waals surface area contributed by atoms with E-state index in [1.807, 2.05) is 30.9 Å². The fourth-order valence-corrected chi connectivity index (χ4v) is 4.25. The molecule has 1 aliphatic heterocycles. The molecule has 0 bridgehead atoms. The number of hydrogen-bond acceptors (Lipinski definition) is 5. The second-order valence-corrected chi connectivity index (χ2v) is 7.90. The molecule has 0 aliphatic carbocycles. The van der Waals surface area contributed by atoms with E-state index in [1.54, 1.807) is 0 Å². The number of benzene rings is 1. The van der Waals surface area contributed by atoms with Crippen molar-refractivity contribution in [1.82, 2.24) is 20.1 Å². The van der Waals surface area contributed by atoms with Gasteiger partial charge < -0.3 is 11.1 Å². The third-order valence-corrected chi connectivity index (χ3v) is 5.67. The minimum absolute atomic E-state index is 0.283. The van der Waals surface area contributed by atoms with Crippen molar-refractivity contribution in [2.75, 3.05) is 6.54 Å². The minimum atomic E-state index is 0.283. The Kier molecular flexibility index (Phi) is 5.40. The maximum absolute atomic E-state index is 5.97. The first-order chi connectivity index (χ1) is 14.4. The van der Waals surface area contributed by atoms with Crippen LogP contribution in [0.2, 0.25) is 0 Å². The highest BCUT2D eigenvalue weighted by molar-refractivity contribution is 6.13. The van der Waals surface area contributed by atoms with E-state index >= 15 is 0 Å². The number of aromatic nitrogens is 3. The highest BCUT2D eigenvalue weighted by Gasteiger charge is 2.24. The molecule has 3 aromatic rings. The predicted molar refractivity (Wildman–Crippen MR) is 122 cm³/mol. The zero-order valence-electron chi connectivity index (χ0n) is 17.8. The van der Waals surface area contributed by atoms with E-state index in [9.17, 15) is 0 Å². The lowest BCUT2D eigenvalue weighted by molar-refractivity contribution is 0.539. The summed E-state index contributed by atoms with van der Waals surface area (Å²) in [6, 6.07) is 12.7. The first-order valence-electron chi connectivity index (χ1n) is 10.2. The fourth-order valence-electron chi connectivity index (χ4n) is 4.25. The summed E-state index contributed by atoms with van der Waals surface area (Å²) in [7, 11) is 1.92. The van der Waals surface area contributed by atoms with Gasteiger partial charge in [-0.3, -0.25) is 9.67 Å². The van der Waals surface area contributed by atoms with Crippen LogP contribution in [0.3, 0.4) is 0 Å². The van der Waals surface area contributed by atoms with Crippen molar-refractivity contribution in [1.29, 1.82) is 0 Å². The second-order valence-electron chi connectivity index (χ2n) is 7.90. The number of nitrogens with one attached hydrogen (secondary N) is 1. The molecule has 0 amide bonds. The van der Waals surface area contributed by atoms with Crippen molar-refractivity contribution < 1.29 is 0 Å². The smallest absolute Gasteiger partial charge is 0.157 e. The van der Waals surface area contributed by atoms with Crippen molar-refractivity contribution in [3.8, 4) is 0 Å². The van der Waals surface area contributed by atoms with Crippen LogP contribution in [0.15, 0.2) is 71.3 Å². The highest BCUT2D eigenvalue weighted by Crippen LogP contribution is 2.28. The Morgan fingerprint density at radius 3 is 2.77 bits per heavy atom. The van der Waals surface area contributed by atoms with Gasteiger partial charge in [0.25, 0.3) is 0 Å². The van der Waals surface area contributed by atoms with Gasteiger partial charge in [-0.25, -0.2) is 4.98 Å². The molecule has 0 fully saturated rings. The van der Waals surface area contributed by atoms with Crippen LogP contribution in [0.4, 0.5) is 0 Å². The largest absolute Gasteiger partial charge is 0.386 e. The maximum Gasteiger partial charge on any atom is 0.157 e. The summed E-state index contributed by atoms with van der Waals surface area (Å²) < 4.78 is 1.81. The fraction of sp³-hybridized carbons (Fsp3) is 0.292. The van der Waals surface area contributed by atoms with Crippen LogP contribution >= 0.6 is 0 Å². The molecule has 0 saturated carbocycles. The van der Waals surface area contributed by atoms with E-state index in [2.05, 4.69) is 59.2 Å². The minimum Gasteiger partial charge on any atom is -0.386 e. The molecule has 6 heteroatoms. The number of pyridine rings is 1. The lowest BCUT2D eigenvalue weighted by atomic mass is 9.89. The van der Waals surface area contributed by atoms with Gasteiger partial charge in [-0.05, 0) is 43.9 Å². The van der Waals surface area contributed by atoms with Gasteiger partial charge in [0.05, 0.1) is 17.2 Å². The molecule has 30 heavy (non-hydrogen) atoms. The average molecular weight is 401 g/mol. The van der Waals surface area contributed by atoms with Gasteiger partial charge in [-0.2, -0.15) is 5.10 Å². The quantitative estimate of drug-likeness (QED) is 0.685. The van der Waals surface area contributed by atoms with E-state index in [1.165, 1.54) is 5.56 Å². The first-order valence-corrected chi connectivity index (χ1v) is 10.2. The Morgan fingerprint density at radius 2 is 2.03 bits per heavy atom. The monoisotopic (exact) mass is 400 g/mol. The Balaban J connectivity index is 1.76. The van der Waals surface area contributed by atoms with Crippen molar-refractivity contribution in [3.63, 3.8) is 0 Å². The number of fused-ring (bicyclic) bond motifs is 1. The van der Waals surface area contributed by atoms with Crippen molar-refractivity contribution in [2.45, 2.75) is 26.7 Å². The summed E-state index contributed by atoms with van der Waals surface area (Å²) in [5, 5.41) is 8.88. The number of aryl methyl sites for hydroxylation is 2. The summed E-state index contributed by atoms with van der Waals surface area (Å²) in [5.41, 5.74) is 13.2. The molecule has 4 rings (SSSR count). The topological polar surface area (TPSA) is 81.1 Å². The zero-order valence-corrected chi connectivity index (χ0v) is 17.8. The standard InChI is InChI=1S/C24H28N6/c1-15-22(20-13-21-16(2)29-30(4)24(21)27-14-20)26-11-10-19(23(15)28-17(3)25)12-18-8-6-5-7-9-18/h5-9,13-14,19,28H,3,10-12,25H2,1-2,4H3. The normalized spacial score (nSPS) is 17.0. The Labute approximate surface area is 177 Å². The number of hydrogen-bond donors (Lipinski definition) is 2. The number of allylic oxidation sites excluding steroid dienone is 2. The molecule has 1 aliphatic rings. The molecule has 0 radical (unpaired) electrons. The molecule has 1 atom stereocenters. The van der Waals surface area contributed by atoms with Gasteiger partial charge in [0.2, 0.25) is 0 Å². The summed E-state index contributed by atoms with van der Waals surface area (Å²) in [5.74, 6) is 0.728. The highest BCUT2D eigenvalue weighted by atomic mass is 15.3. The van der Waals surface area contributed by atoms with Crippen molar-refractivity contribution in [3.05, 3.63) is 83.1 Å². The zero-order chi connectivity index (χ0) is 21.3. The number of nitrogens with zero attached hydrogens (tertiary/aromatic N) is 4. The maximum atomic E-state index is 5.97. The van der Waals surface area contributed by atoms with E-state index in [0.29, 0.717) is 5.82 Å². The van der Waals surface area contributed by atoms with E-state index in [-0.39, 0.29) is 5.92 Å².